The Hall–Kier alpha value is -1.39. The quantitative estimate of drug-likeness (QED) is 0.902. The molecule has 0 aliphatic rings. The summed E-state index contributed by atoms with van der Waals surface area (Å²) < 4.78 is 5.19. The zero-order valence-electron chi connectivity index (χ0n) is 10.3. The van der Waals surface area contributed by atoms with Crippen molar-refractivity contribution in [1.82, 2.24) is 10.1 Å². The van der Waals surface area contributed by atoms with Crippen LogP contribution in [0.5, 0.6) is 0 Å². The van der Waals surface area contributed by atoms with E-state index in [2.05, 4.69) is 17.1 Å². The average Bonchev–Trinajstić information content (AvgIpc) is 2.79. The molecule has 0 saturated carbocycles. The third-order valence-electron chi connectivity index (χ3n) is 2.74. The van der Waals surface area contributed by atoms with Gasteiger partial charge < -0.3 is 10.3 Å². The molecule has 1 heterocycles. The van der Waals surface area contributed by atoms with E-state index in [1.807, 2.05) is 24.3 Å². The van der Waals surface area contributed by atoms with E-state index in [4.69, 9.17) is 21.9 Å². The van der Waals surface area contributed by atoms with Crippen LogP contribution in [0.1, 0.15) is 24.2 Å². The van der Waals surface area contributed by atoms with Crippen LogP contribution in [0.25, 0.3) is 0 Å². The molecule has 96 valence electrons. The van der Waals surface area contributed by atoms with Gasteiger partial charge in [-0.1, -0.05) is 41.9 Å². The summed E-state index contributed by atoms with van der Waals surface area (Å²) in [6.07, 6.45) is 1.30. The van der Waals surface area contributed by atoms with E-state index in [-0.39, 0.29) is 0 Å². The van der Waals surface area contributed by atoms with Crippen LogP contribution in [0.15, 0.2) is 28.8 Å². The fourth-order valence-electron chi connectivity index (χ4n) is 1.64. The zero-order chi connectivity index (χ0) is 13.0. The molecule has 0 spiro atoms. The fraction of sp³-hybridized carbons (Fsp3) is 0.385. The first-order valence-corrected chi connectivity index (χ1v) is 6.31. The van der Waals surface area contributed by atoms with Gasteiger partial charge in [0.2, 0.25) is 5.89 Å². The zero-order valence-corrected chi connectivity index (χ0v) is 11.0. The Bertz CT molecular complexity index is 512. The molecule has 1 unspecified atom stereocenters. The number of aromatic nitrogens is 2. The van der Waals surface area contributed by atoms with Crippen molar-refractivity contribution in [3.8, 4) is 0 Å². The molecular formula is C13H16ClN3O. The van der Waals surface area contributed by atoms with E-state index in [1.165, 1.54) is 0 Å². The van der Waals surface area contributed by atoms with Crippen molar-refractivity contribution in [2.24, 2.45) is 11.7 Å². The first-order chi connectivity index (χ1) is 8.69. The van der Waals surface area contributed by atoms with Gasteiger partial charge in [0.1, 0.15) is 0 Å². The van der Waals surface area contributed by atoms with Crippen LogP contribution in [0.4, 0.5) is 0 Å². The summed E-state index contributed by atoms with van der Waals surface area (Å²) in [5.74, 6) is 1.64. The lowest BCUT2D eigenvalue weighted by Crippen LogP contribution is -2.13. The monoisotopic (exact) mass is 265 g/mol. The molecule has 4 nitrogen and oxygen atoms in total. The van der Waals surface area contributed by atoms with Crippen LogP contribution in [-0.4, -0.2) is 16.7 Å². The van der Waals surface area contributed by atoms with Gasteiger partial charge in [-0.05, 0) is 24.1 Å². The Labute approximate surface area is 111 Å². The van der Waals surface area contributed by atoms with Crippen molar-refractivity contribution in [2.45, 2.75) is 19.8 Å². The van der Waals surface area contributed by atoms with Crippen LogP contribution < -0.4 is 5.73 Å². The summed E-state index contributed by atoms with van der Waals surface area (Å²) in [4.78, 5) is 4.34. The van der Waals surface area contributed by atoms with Crippen molar-refractivity contribution in [1.29, 1.82) is 0 Å². The minimum absolute atomic E-state index is 0.346. The number of benzene rings is 1. The number of nitrogens with zero attached hydrogens (tertiary/aromatic N) is 2. The molecule has 0 aliphatic carbocycles. The molecule has 1 aromatic carbocycles. The Kier molecular flexibility index (Phi) is 4.33. The van der Waals surface area contributed by atoms with Gasteiger partial charge in [0.25, 0.3) is 0 Å². The molecule has 1 aromatic heterocycles. The van der Waals surface area contributed by atoms with E-state index >= 15 is 0 Å². The largest absolute Gasteiger partial charge is 0.339 e. The molecular weight excluding hydrogens is 250 g/mol. The van der Waals surface area contributed by atoms with Crippen molar-refractivity contribution in [2.75, 3.05) is 6.54 Å². The molecule has 0 radical (unpaired) electrons. The molecule has 0 amide bonds. The summed E-state index contributed by atoms with van der Waals surface area (Å²) in [6.45, 7) is 2.67. The topological polar surface area (TPSA) is 64.9 Å². The predicted octanol–water partition coefficient (Wildman–Crippen LogP) is 2.45. The van der Waals surface area contributed by atoms with Gasteiger partial charge in [-0.2, -0.15) is 4.98 Å². The highest BCUT2D eigenvalue weighted by Gasteiger charge is 2.11. The molecule has 0 bridgehead atoms. The maximum absolute atomic E-state index is 6.09. The summed E-state index contributed by atoms with van der Waals surface area (Å²) >= 11 is 6.09. The van der Waals surface area contributed by atoms with Gasteiger partial charge in [-0.3, -0.25) is 0 Å². The van der Waals surface area contributed by atoms with Crippen molar-refractivity contribution in [3.63, 3.8) is 0 Å². The first-order valence-electron chi connectivity index (χ1n) is 5.94. The third kappa shape index (κ3) is 3.31. The van der Waals surface area contributed by atoms with Crippen molar-refractivity contribution in [3.05, 3.63) is 46.6 Å². The van der Waals surface area contributed by atoms with E-state index in [0.717, 1.165) is 10.6 Å². The second-order valence-corrected chi connectivity index (χ2v) is 4.82. The lowest BCUT2D eigenvalue weighted by atomic mass is 10.1. The molecule has 1 atom stereocenters. The molecule has 2 rings (SSSR count). The van der Waals surface area contributed by atoms with E-state index in [9.17, 15) is 0 Å². The summed E-state index contributed by atoms with van der Waals surface area (Å²) in [6, 6.07) is 7.66. The van der Waals surface area contributed by atoms with Crippen LogP contribution in [0.2, 0.25) is 5.02 Å². The van der Waals surface area contributed by atoms with E-state index in [1.54, 1.807) is 0 Å². The Morgan fingerprint density at radius 3 is 2.89 bits per heavy atom. The molecule has 0 saturated heterocycles. The maximum Gasteiger partial charge on any atom is 0.226 e. The second-order valence-electron chi connectivity index (χ2n) is 4.42. The van der Waals surface area contributed by atoms with Gasteiger partial charge in [0, 0.05) is 17.9 Å². The number of hydrogen-bond donors (Lipinski definition) is 1. The summed E-state index contributed by atoms with van der Waals surface area (Å²) in [5, 5.41) is 4.68. The molecule has 0 aliphatic heterocycles. The highest BCUT2D eigenvalue weighted by atomic mass is 35.5. The van der Waals surface area contributed by atoms with Gasteiger partial charge in [0.15, 0.2) is 5.82 Å². The Balaban J connectivity index is 2.05. The molecule has 2 aromatic rings. The minimum atomic E-state index is 0.346. The van der Waals surface area contributed by atoms with Crippen LogP contribution >= 0.6 is 11.6 Å². The van der Waals surface area contributed by atoms with Crippen LogP contribution in [-0.2, 0) is 12.8 Å². The molecule has 0 fully saturated rings. The van der Waals surface area contributed by atoms with Gasteiger partial charge in [-0.25, -0.2) is 0 Å². The maximum atomic E-state index is 6.09. The smallest absolute Gasteiger partial charge is 0.226 e. The highest BCUT2D eigenvalue weighted by molar-refractivity contribution is 6.31. The molecule has 2 N–H and O–H groups in total. The normalized spacial score (nSPS) is 12.6. The Morgan fingerprint density at radius 1 is 1.39 bits per heavy atom. The number of rotatable bonds is 5. The average molecular weight is 266 g/mol. The first kappa shape index (κ1) is 13.1. The number of hydrogen-bond acceptors (Lipinski definition) is 4. The minimum Gasteiger partial charge on any atom is -0.339 e. The van der Waals surface area contributed by atoms with Crippen molar-refractivity contribution < 1.29 is 4.52 Å². The number of halogens is 1. The lowest BCUT2D eigenvalue weighted by molar-refractivity contribution is 0.356. The van der Waals surface area contributed by atoms with Gasteiger partial charge in [0.05, 0.1) is 0 Å². The second kappa shape index (κ2) is 5.98. The predicted molar refractivity (Wildman–Crippen MR) is 70.5 cm³/mol. The number of nitrogens with two attached hydrogens (primary N) is 1. The van der Waals surface area contributed by atoms with Gasteiger partial charge in [-0.15, -0.1) is 0 Å². The fourth-order valence-corrected chi connectivity index (χ4v) is 1.84. The SMILES string of the molecule is CC(CN)Cc1nc(Cc2ccccc2Cl)no1. The standard InChI is InChI=1S/C13H16ClN3O/c1-9(8-15)6-13-16-12(17-18-13)7-10-4-2-3-5-11(10)14/h2-5,9H,6-8,15H2,1H3. The van der Waals surface area contributed by atoms with Crippen LogP contribution in [0, 0.1) is 5.92 Å². The van der Waals surface area contributed by atoms with Crippen LogP contribution in [0.3, 0.4) is 0 Å². The molecule has 18 heavy (non-hydrogen) atoms. The van der Waals surface area contributed by atoms with Crippen molar-refractivity contribution >= 4 is 11.6 Å². The van der Waals surface area contributed by atoms with E-state index in [0.29, 0.717) is 37.0 Å². The molecule has 5 heteroatoms. The van der Waals surface area contributed by atoms with E-state index < -0.39 is 0 Å². The summed E-state index contributed by atoms with van der Waals surface area (Å²) in [5.41, 5.74) is 6.56. The highest BCUT2D eigenvalue weighted by Crippen LogP contribution is 2.18. The third-order valence-corrected chi connectivity index (χ3v) is 3.11. The lowest BCUT2D eigenvalue weighted by Gasteiger charge is -2.02. The summed E-state index contributed by atoms with van der Waals surface area (Å²) in [7, 11) is 0. The van der Waals surface area contributed by atoms with Gasteiger partial charge >= 0.3 is 0 Å². The Morgan fingerprint density at radius 2 is 2.17 bits per heavy atom.